The monoisotopic (exact) mass is 498 g/mol. The van der Waals surface area contributed by atoms with Gasteiger partial charge in [0.05, 0.1) is 5.56 Å². The summed E-state index contributed by atoms with van der Waals surface area (Å²) in [6.07, 6.45) is -4.25. The highest BCUT2D eigenvalue weighted by Gasteiger charge is 2.37. The molecule has 0 unspecified atom stereocenters. The zero-order chi connectivity index (χ0) is 19.3. The van der Waals surface area contributed by atoms with Gasteiger partial charge in [0.2, 0.25) is 0 Å². The van der Waals surface area contributed by atoms with Gasteiger partial charge in [-0.1, -0.05) is 24.3 Å². The molecule has 0 fully saturated rings. The van der Waals surface area contributed by atoms with Gasteiger partial charge in [0.1, 0.15) is 0 Å². The lowest BCUT2D eigenvalue weighted by atomic mass is 10.2. The summed E-state index contributed by atoms with van der Waals surface area (Å²) in [5.74, 6) is 0. The first-order valence-electron chi connectivity index (χ1n) is 6.20. The second-order valence-electron chi connectivity index (χ2n) is 4.30. The van der Waals surface area contributed by atoms with E-state index in [0.29, 0.717) is 0 Å². The molecule has 0 bridgehead atoms. The van der Waals surface area contributed by atoms with E-state index in [1.165, 1.54) is 12.1 Å². The van der Waals surface area contributed by atoms with Gasteiger partial charge in [-0.3, -0.25) is 0 Å². The van der Waals surface area contributed by atoms with E-state index in [1.54, 1.807) is 6.07 Å². The molecule has 2 aromatic rings. The molecule has 0 aromatic heterocycles. The van der Waals surface area contributed by atoms with Crippen molar-refractivity contribution < 1.29 is 60.5 Å². The van der Waals surface area contributed by atoms with Crippen molar-refractivity contribution in [3.05, 3.63) is 67.3 Å². The highest BCUT2D eigenvalue weighted by Crippen LogP contribution is 2.28. The van der Waals surface area contributed by atoms with Crippen LogP contribution in [0.4, 0.5) is 26.3 Å². The van der Waals surface area contributed by atoms with E-state index in [9.17, 15) is 26.3 Å². The van der Waals surface area contributed by atoms with Crippen molar-refractivity contribution in [2.75, 3.05) is 0 Å². The van der Waals surface area contributed by atoms with Crippen LogP contribution in [0.3, 0.4) is 0 Å². The van der Waals surface area contributed by atoms with E-state index in [1.807, 2.05) is 30.3 Å². The molecule has 0 aliphatic carbocycles. The SMILES string of the molecule is FC(F)(F)c1cccc([I+]c2ccccc2)c1.O=S(=O)([O-])C(F)(F)F. The fourth-order valence-electron chi connectivity index (χ4n) is 1.33. The van der Waals surface area contributed by atoms with Crippen molar-refractivity contribution >= 4 is 10.1 Å². The van der Waals surface area contributed by atoms with Crippen molar-refractivity contribution in [3.63, 3.8) is 0 Å². The predicted molar refractivity (Wildman–Crippen MR) is 71.0 cm³/mol. The van der Waals surface area contributed by atoms with Crippen LogP contribution in [0, 0.1) is 7.14 Å². The Hall–Kier alpha value is -1.34. The second-order valence-corrected chi connectivity index (χ2v) is 8.70. The molecule has 0 aliphatic rings. The Morgan fingerprint density at radius 2 is 1.28 bits per heavy atom. The van der Waals surface area contributed by atoms with Crippen LogP contribution in [-0.4, -0.2) is 18.5 Å². The summed E-state index contributed by atoms with van der Waals surface area (Å²) in [7, 11) is -6.09. The van der Waals surface area contributed by atoms with Gasteiger partial charge in [-0.2, -0.15) is 26.3 Å². The lowest BCUT2D eigenvalue weighted by Gasteiger charge is -2.08. The van der Waals surface area contributed by atoms with Gasteiger partial charge in [0.15, 0.2) is 17.3 Å². The summed E-state index contributed by atoms with van der Waals surface area (Å²) in [5, 5.41) is 0. The van der Waals surface area contributed by atoms with E-state index in [0.717, 1.165) is 13.2 Å². The maximum Gasteiger partial charge on any atom is 0.485 e. The zero-order valence-corrected chi connectivity index (χ0v) is 14.9. The van der Waals surface area contributed by atoms with Crippen LogP contribution in [0.25, 0.3) is 0 Å². The van der Waals surface area contributed by atoms with Crippen molar-refractivity contribution in [1.29, 1.82) is 0 Å². The molecule has 11 heteroatoms. The second kappa shape index (κ2) is 8.36. The Balaban J connectivity index is 0.000000333. The number of hydrogen-bond acceptors (Lipinski definition) is 3. The molecule has 0 heterocycles. The minimum Gasteiger partial charge on any atom is -0.741 e. The molecule has 0 saturated heterocycles. The fourth-order valence-corrected chi connectivity index (χ4v) is 3.70. The van der Waals surface area contributed by atoms with Crippen LogP contribution in [0.1, 0.15) is 5.56 Å². The number of hydrogen-bond donors (Lipinski definition) is 0. The third kappa shape index (κ3) is 7.61. The summed E-state index contributed by atoms with van der Waals surface area (Å²) < 4.78 is 98.4. The van der Waals surface area contributed by atoms with Crippen molar-refractivity contribution in [2.45, 2.75) is 11.7 Å². The highest BCUT2D eigenvalue weighted by molar-refractivity contribution is 7.86. The Morgan fingerprint density at radius 1 is 0.800 bits per heavy atom. The van der Waals surface area contributed by atoms with E-state index in [-0.39, 0.29) is 0 Å². The average molecular weight is 498 g/mol. The third-order valence-corrected chi connectivity index (χ3v) is 5.59. The molecule has 25 heavy (non-hydrogen) atoms. The van der Waals surface area contributed by atoms with Crippen LogP contribution in [0.15, 0.2) is 54.6 Å². The molecule has 2 rings (SSSR count). The third-order valence-electron chi connectivity index (χ3n) is 2.39. The molecule has 138 valence electrons. The van der Waals surface area contributed by atoms with E-state index < -0.39 is 48.6 Å². The molecule has 0 radical (unpaired) electrons. The van der Waals surface area contributed by atoms with Gasteiger partial charge in [-0.15, -0.1) is 0 Å². The standard InChI is InChI=1S/C13H9F3I.CHF3O3S/c14-13(15,16)10-5-4-8-12(9-10)17-11-6-2-1-3-7-11;2-1(3,4)8(5,6)7/h1-9H;(H,5,6,7)/q+1;/p-1. The molecule has 0 spiro atoms. The Kier molecular flexibility index (Phi) is 7.26. The summed E-state index contributed by atoms with van der Waals surface area (Å²) in [4.78, 5) is 0. The Labute approximate surface area is 149 Å². The minimum atomic E-state index is -6.09. The van der Waals surface area contributed by atoms with Crippen molar-refractivity contribution in [2.24, 2.45) is 0 Å². The van der Waals surface area contributed by atoms with Crippen LogP contribution in [0.2, 0.25) is 0 Å². The normalized spacial score (nSPS) is 12.3. The van der Waals surface area contributed by atoms with Crippen LogP contribution in [-0.2, 0) is 16.3 Å². The quantitative estimate of drug-likeness (QED) is 0.268. The van der Waals surface area contributed by atoms with Crippen LogP contribution in [0.5, 0.6) is 0 Å². The van der Waals surface area contributed by atoms with Gasteiger partial charge in [0, 0.05) is 6.07 Å². The lowest BCUT2D eigenvalue weighted by molar-refractivity contribution is -0.597. The van der Waals surface area contributed by atoms with Crippen molar-refractivity contribution in [1.82, 2.24) is 0 Å². The summed E-state index contributed by atoms with van der Waals surface area (Å²) in [6, 6.07) is 15.2. The van der Waals surface area contributed by atoms with Gasteiger partial charge >= 0.3 is 32.9 Å². The highest BCUT2D eigenvalue weighted by atomic mass is 127. The van der Waals surface area contributed by atoms with E-state index in [2.05, 4.69) is 0 Å². The van der Waals surface area contributed by atoms with Crippen LogP contribution >= 0.6 is 0 Å². The molecule has 0 amide bonds. The van der Waals surface area contributed by atoms with Gasteiger partial charge in [-0.05, 0) is 24.3 Å². The largest absolute Gasteiger partial charge is 0.741 e. The molecule has 0 N–H and O–H groups in total. The van der Waals surface area contributed by atoms with Gasteiger partial charge in [-0.25, -0.2) is 8.42 Å². The molecule has 0 aliphatic heterocycles. The maximum absolute atomic E-state index is 12.5. The molecular formula is C14H9F6IO3S. The Morgan fingerprint density at radius 3 is 1.72 bits per heavy atom. The first-order chi connectivity index (χ1) is 11.3. The van der Waals surface area contributed by atoms with Gasteiger partial charge in [0.25, 0.3) is 0 Å². The average Bonchev–Trinajstić information content (AvgIpc) is 2.46. The fraction of sp³-hybridized carbons (Fsp3) is 0.143. The topological polar surface area (TPSA) is 57.2 Å². The maximum atomic E-state index is 12.5. The molecule has 0 atom stereocenters. The summed E-state index contributed by atoms with van der Waals surface area (Å²) >= 11 is -0.536. The predicted octanol–water partition coefficient (Wildman–Crippen LogP) is 0.885. The number of rotatable bonds is 2. The molecule has 3 nitrogen and oxygen atoms in total. The van der Waals surface area contributed by atoms with Gasteiger partial charge < -0.3 is 4.55 Å². The summed E-state index contributed by atoms with van der Waals surface area (Å²) in [6.45, 7) is 0. The number of halogens is 7. The van der Waals surface area contributed by atoms with Crippen molar-refractivity contribution in [3.8, 4) is 0 Å². The first kappa shape index (κ1) is 21.7. The smallest absolute Gasteiger partial charge is 0.485 e. The first-order valence-corrected chi connectivity index (χ1v) is 9.76. The lowest BCUT2D eigenvalue weighted by Crippen LogP contribution is -3.61. The minimum absolute atomic E-state index is 0.536. The molecule has 2 aromatic carbocycles. The van der Waals surface area contributed by atoms with E-state index in [4.69, 9.17) is 13.0 Å². The molecular weight excluding hydrogens is 489 g/mol. The number of alkyl halides is 6. The van der Waals surface area contributed by atoms with Crippen LogP contribution < -0.4 is 21.2 Å². The van der Waals surface area contributed by atoms with E-state index >= 15 is 0 Å². The summed E-state index contributed by atoms with van der Waals surface area (Å²) in [5.41, 5.74) is -6.21. The Bertz CT molecular complexity index is 788. The zero-order valence-electron chi connectivity index (χ0n) is 12.0. The number of benzene rings is 2. The molecule has 0 saturated carbocycles.